The fraction of sp³-hybridized carbons (Fsp3) is 0.462. The third kappa shape index (κ3) is 6.44. The summed E-state index contributed by atoms with van der Waals surface area (Å²) in [5, 5.41) is 13.7. The SMILES string of the molecule is C=CCOCCCC(=O)NCCc1nc(C(=O)O)cs1. The number of carboxylic acid groups (broad SMARTS) is 1. The molecule has 0 aliphatic heterocycles. The van der Waals surface area contributed by atoms with E-state index >= 15 is 0 Å². The van der Waals surface area contributed by atoms with Crippen LogP contribution in [0.4, 0.5) is 0 Å². The van der Waals surface area contributed by atoms with Crippen LogP contribution in [0.3, 0.4) is 0 Å². The van der Waals surface area contributed by atoms with Crippen LogP contribution in [0.1, 0.15) is 28.3 Å². The van der Waals surface area contributed by atoms with Gasteiger partial charge in [0.15, 0.2) is 5.69 Å². The van der Waals surface area contributed by atoms with Gasteiger partial charge < -0.3 is 15.2 Å². The van der Waals surface area contributed by atoms with Gasteiger partial charge in [-0.1, -0.05) is 6.08 Å². The molecule has 1 rings (SSSR count). The van der Waals surface area contributed by atoms with Crippen molar-refractivity contribution in [2.24, 2.45) is 0 Å². The van der Waals surface area contributed by atoms with Gasteiger partial charge in [0.05, 0.1) is 11.6 Å². The minimum Gasteiger partial charge on any atom is -0.476 e. The van der Waals surface area contributed by atoms with Gasteiger partial charge in [-0.05, 0) is 6.42 Å². The molecule has 0 radical (unpaired) electrons. The average Bonchev–Trinajstić information content (AvgIpc) is 2.87. The summed E-state index contributed by atoms with van der Waals surface area (Å²) >= 11 is 1.28. The topological polar surface area (TPSA) is 88.5 Å². The first-order chi connectivity index (χ1) is 9.63. The monoisotopic (exact) mass is 298 g/mol. The number of hydrogen-bond donors (Lipinski definition) is 2. The van der Waals surface area contributed by atoms with Crippen molar-refractivity contribution in [1.82, 2.24) is 10.3 Å². The van der Waals surface area contributed by atoms with Crippen LogP contribution in [-0.4, -0.2) is 41.7 Å². The standard InChI is InChI=1S/C13H18N2O4S/c1-2-7-19-8-3-4-11(16)14-6-5-12-15-10(9-20-12)13(17)18/h2,9H,1,3-8H2,(H,14,16)(H,17,18). The van der Waals surface area contributed by atoms with Crippen molar-refractivity contribution >= 4 is 23.2 Å². The molecular weight excluding hydrogens is 280 g/mol. The van der Waals surface area contributed by atoms with Crippen molar-refractivity contribution < 1.29 is 19.4 Å². The molecule has 0 unspecified atom stereocenters. The summed E-state index contributed by atoms with van der Waals surface area (Å²) in [6.07, 6.45) is 3.28. The van der Waals surface area contributed by atoms with E-state index in [9.17, 15) is 9.59 Å². The fourth-order valence-electron chi connectivity index (χ4n) is 1.42. The number of carbonyl (C=O) groups is 2. The molecule has 6 nitrogen and oxygen atoms in total. The van der Waals surface area contributed by atoms with E-state index in [4.69, 9.17) is 9.84 Å². The van der Waals surface area contributed by atoms with Gasteiger partial charge in [0.25, 0.3) is 0 Å². The van der Waals surface area contributed by atoms with Crippen LogP contribution >= 0.6 is 11.3 Å². The van der Waals surface area contributed by atoms with E-state index in [-0.39, 0.29) is 11.6 Å². The van der Waals surface area contributed by atoms with Crippen LogP contribution < -0.4 is 5.32 Å². The molecule has 0 saturated heterocycles. The summed E-state index contributed by atoms with van der Waals surface area (Å²) in [7, 11) is 0. The third-order valence-corrected chi connectivity index (χ3v) is 3.27. The molecule has 7 heteroatoms. The Bertz CT molecular complexity index is 459. The third-order valence-electron chi connectivity index (χ3n) is 2.36. The lowest BCUT2D eigenvalue weighted by Crippen LogP contribution is -2.25. The molecule has 0 aliphatic carbocycles. The van der Waals surface area contributed by atoms with Crippen LogP contribution in [0.15, 0.2) is 18.0 Å². The highest BCUT2D eigenvalue weighted by Gasteiger charge is 2.08. The number of aromatic nitrogens is 1. The molecule has 2 N–H and O–H groups in total. The average molecular weight is 298 g/mol. The molecule has 1 amide bonds. The number of carbonyl (C=O) groups excluding carboxylic acids is 1. The highest BCUT2D eigenvalue weighted by atomic mass is 32.1. The lowest BCUT2D eigenvalue weighted by Gasteiger charge is -2.04. The van der Waals surface area contributed by atoms with Crippen LogP contribution in [0.5, 0.6) is 0 Å². The molecule has 0 saturated carbocycles. The number of hydrogen-bond acceptors (Lipinski definition) is 5. The Morgan fingerprint density at radius 1 is 1.55 bits per heavy atom. The van der Waals surface area contributed by atoms with E-state index in [1.165, 1.54) is 16.7 Å². The molecule has 0 spiro atoms. The molecule has 20 heavy (non-hydrogen) atoms. The summed E-state index contributed by atoms with van der Waals surface area (Å²) < 4.78 is 5.17. The minimum atomic E-state index is -1.03. The Kier molecular flexibility index (Phi) is 7.52. The lowest BCUT2D eigenvalue weighted by atomic mass is 10.3. The van der Waals surface area contributed by atoms with Gasteiger partial charge in [-0.15, -0.1) is 17.9 Å². The zero-order valence-corrected chi connectivity index (χ0v) is 11.9. The number of carboxylic acids is 1. The number of nitrogens with one attached hydrogen (secondary N) is 1. The molecule has 0 bridgehead atoms. The maximum absolute atomic E-state index is 11.5. The van der Waals surface area contributed by atoms with Crippen LogP contribution in [0.2, 0.25) is 0 Å². The molecule has 1 heterocycles. The highest BCUT2D eigenvalue weighted by molar-refractivity contribution is 7.09. The number of rotatable bonds is 10. The second-order valence-corrected chi connectivity index (χ2v) is 4.94. The molecule has 110 valence electrons. The second kappa shape index (κ2) is 9.22. The van der Waals surface area contributed by atoms with Gasteiger partial charge in [-0.3, -0.25) is 4.79 Å². The van der Waals surface area contributed by atoms with Crippen molar-refractivity contribution in [3.05, 3.63) is 28.7 Å². The molecule has 0 aliphatic rings. The Labute approximate surface area is 121 Å². The first-order valence-corrected chi connectivity index (χ1v) is 7.14. The number of nitrogens with zero attached hydrogens (tertiary/aromatic N) is 1. The maximum Gasteiger partial charge on any atom is 0.355 e. The zero-order chi connectivity index (χ0) is 14.8. The second-order valence-electron chi connectivity index (χ2n) is 4.00. The first-order valence-electron chi connectivity index (χ1n) is 6.26. The van der Waals surface area contributed by atoms with Gasteiger partial charge >= 0.3 is 5.97 Å². The van der Waals surface area contributed by atoms with Crippen molar-refractivity contribution in [1.29, 1.82) is 0 Å². The van der Waals surface area contributed by atoms with Gasteiger partial charge in [0, 0.05) is 31.4 Å². The van der Waals surface area contributed by atoms with E-state index in [2.05, 4.69) is 16.9 Å². The van der Waals surface area contributed by atoms with Crippen molar-refractivity contribution in [3.63, 3.8) is 0 Å². The fourth-order valence-corrected chi connectivity index (χ4v) is 2.19. The van der Waals surface area contributed by atoms with Gasteiger partial charge in [-0.2, -0.15) is 0 Å². The molecular formula is C13H18N2O4S. The summed E-state index contributed by atoms with van der Waals surface area (Å²) in [6, 6.07) is 0. The molecule has 0 atom stereocenters. The van der Waals surface area contributed by atoms with E-state index < -0.39 is 5.97 Å². The molecule has 0 fully saturated rings. The van der Waals surface area contributed by atoms with E-state index in [0.717, 1.165) is 0 Å². The number of amides is 1. The maximum atomic E-state index is 11.5. The number of aromatic carboxylic acids is 1. The zero-order valence-electron chi connectivity index (χ0n) is 11.1. The lowest BCUT2D eigenvalue weighted by molar-refractivity contribution is -0.121. The van der Waals surface area contributed by atoms with Crippen LogP contribution in [-0.2, 0) is 16.0 Å². The minimum absolute atomic E-state index is 0.0396. The van der Waals surface area contributed by atoms with E-state index in [0.29, 0.717) is 44.0 Å². The Balaban J connectivity index is 2.11. The quantitative estimate of drug-likeness (QED) is 0.504. The summed E-state index contributed by atoms with van der Waals surface area (Å²) in [6.45, 7) is 5.02. The smallest absolute Gasteiger partial charge is 0.355 e. The number of ether oxygens (including phenoxy) is 1. The molecule has 1 aromatic rings. The molecule has 0 aromatic carbocycles. The van der Waals surface area contributed by atoms with Crippen molar-refractivity contribution in [2.75, 3.05) is 19.8 Å². The predicted octanol–water partition coefficient (Wildman–Crippen LogP) is 1.48. The highest BCUT2D eigenvalue weighted by Crippen LogP contribution is 2.09. The largest absolute Gasteiger partial charge is 0.476 e. The van der Waals surface area contributed by atoms with Gasteiger partial charge in [0.2, 0.25) is 5.91 Å². The van der Waals surface area contributed by atoms with Crippen LogP contribution in [0, 0.1) is 0 Å². The Morgan fingerprint density at radius 3 is 3.00 bits per heavy atom. The Morgan fingerprint density at radius 2 is 2.35 bits per heavy atom. The van der Waals surface area contributed by atoms with Gasteiger partial charge in [-0.25, -0.2) is 9.78 Å². The Hall–Kier alpha value is -1.73. The summed E-state index contributed by atoms with van der Waals surface area (Å²) in [5.74, 6) is -1.07. The molecule has 1 aromatic heterocycles. The van der Waals surface area contributed by atoms with E-state index in [1.54, 1.807) is 6.08 Å². The van der Waals surface area contributed by atoms with Crippen molar-refractivity contribution in [3.8, 4) is 0 Å². The summed E-state index contributed by atoms with van der Waals surface area (Å²) in [4.78, 5) is 26.1. The number of thiazole rings is 1. The first kappa shape index (κ1) is 16.3. The van der Waals surface area contributed by atoms with E-state index in [1.807, 2.05) is 0 Å². The van der Waals surface area contributed by atoms with Gasteiger partial charge in [0.1, 0.15) is 0 Å². The van der Waals surface area contributed by atoms with Crippen LogP contribution in [0.25, 0.3) is 0 Å². The predicted molar refractivity (Wildman–Crippen MR) is 76.0 cm³/mol. The summed E-state index contributed by atoms with van der Waals surface area (Å²) in [5.41, 5.74) is 0.0516. The normalized spacial score (nSPS) is 10.2. The van der Waals surface area contributed by atoms with Crippen molar-refractivity contribution in [2.45, 2.75) is 19.3 Å².